The zero-order chi connectivity index (χ0) is 7.28. The predicted octanol–water partition coefficient (Wildman–Crippen LogP) is 0.533. The summed E-state index contributed by atoms with van der Waals surface area (Å²) in [5.74, 6) is -0.376. The van der Waals surface area contributed by atoms with Crippen molar-refractivity contribution in [3.05, 3.63) is 0 Å². The van der Waals surface area contributed by atoms with E-state index in [1.54, 1.807) is 0 Å². The van der Waals surface area contributed by atoms with Gasteiger partial charge in [-0.1, -0.05) is 13.3 Å². The van der Waals surface area contributed by atoms with Crippen molar-refractivity contribution in [1.82, 2.24) is 0 Å². The topological polar surface area (TPSA) is 52.3 Å². The van der Waals surface area contributed by atoms with Gasteiger partial charge in [0.2, 0.25) is 5.91 Å². The van der Waals surface area contributed by atoms with E-state index in [9.17, 15) is 4.79 Å². The second-order valence-electron chi connectivity index (χ2n) is 1.92. The van der Waals surface area contributed by atoms with Crippen molar-refractivity contribution >= 4 is 5.91 Å². The molecule has 3 heteroatoms. The van der Waals surface area contributed by atoms with Crippen LogP contribution in [0.2, 0.25) is 0 Å². The normalized spacial score (nSPS) is 13.1. The summed E-state index contributed by atoms with van der Waals surface area (Å²) < 4.78 is 4.78. The number of hydrogen-bond donors (Lipinski definition) is 1. The van der Waals surface area contributed by atoms with Crippen LogP contribution in [0.1, 0.15) is 21.2 Å². The summed E-state index contributed by atoms with van der Waals surface area (Å²) in [6, 6.07) is 0. The molecule has 1 atom stereocenters. The average Bonchev–Trinajstić information content (AvgIpc) is 1.82. The summed E-state index contributed by atoms with van der Waals surface area (Å²) in [4.78, 5) is 10.4. The molecule has 0 aromatic rings. The van der Waals surface area contributed by atoms with Crippen LogP contribution in [0.15, 0.2) is 0 Å². The molecule has 0 saturated heterocycles. The van der Waals surface area contributed by atoms with E-state index in [1.807, 2.05) is 6.92 Å². The minimum atomic E-state index is -0.394. The van der Waals surface area contributed by atoms with Gasteiger partial charge in [-0.3, -0.25) is 4.79 Å². The molecule has 1 amide bonds. The standard InChI is InChI=1S/C6H13NO2.H2/c1-3-4-5(9-2)6(7)8;/h5H,3-4H2,1-2H3,(H2,7,8);1H/t5-;/m1./s1. The predicted molar refractivity (Wildman–Crippen MR) is 37.0 cm³/mol. The maximum absolute atomic E-state index is 10.4. The number of carbonyl (C=O) groups excluding carboxylic acids is 1. The van der Waals surface area contributed by atoms with Gasteiger partial charge in [-0.2, -0.15) is 0 Å². The molecular formula is C6H15NO2. The summed E-state index contributed by atoms with van der Waals surface area (Å²) in [5, 5.41) is 0. The maximum atomic E-state index is 10.4. The molecule has 56 valence electrons. The third kappa shape index (κ3) is 3.08. The van der Waals surface area contributed by atoms with Crippen LogP contribution < -0.4 is 5.73 Å². The van der Waals surface area contributed by atoms with Crippen molar-refractivity contribution in [2.45, 2.75) is 25.9 Å². The molecule has 0 aromatic carbocycles. The number of primary amides is 1. The summed E-state index contributed by atoms with van der Waals surface area (Å²) >= 11 is 0. The Balaban J connectivity index is 0. The molecule has 9 heavy (non-hydrogen) atoms. The molecule has 3 nitrogen and oxygen atoms in total. The number of carbonyl (C=O) groups is 1. The third-order valence-electron chi connectivity index (χ3n) is 1.15. The van der Waals surface area contributed by atoms with Crippen LogP contribution >= 0.6 is 0 Å². The fourth-order valence-corrected chi connectivity index (χ4v) is 0.638. The molecule has 0 aliphatic carbocycles. The molecule has 0 saturated carbocycles. The highest BCUT2D eigenvalue weighted by Crippen LogP contribution is 1.98. The first kappa shape index (κ1) is 8.43. The number of amides is 1. The molecule has 0 aliphatic rings. The number of hydrogen-bond acceptors (Lipinski definition) is 2. The Bertz CT molecular complexity index is 97.7. The van der Waals surface area contributed by atoms with Crippen molar-refractivity contribution in [2.24, 2.45) is 5.73 Å². The van der Waals surface area contributed by atoms with Gasteiger partial charge in [0.05, 0.1) is 0 Å². The van der Waals surface area contributed by atoms with Gasteiger partial charge in [0.15, 0.2) is 0 Å². The van der Waals surface area contributed by atoms with Crippen molar-refractivity contribution in [3.8, 4) is 0 Å². The van der Waals surface area contributed by atoms with Crippen LogP contribution in [-0.4, -0.2) is 19.1 Å². The minimum absolute atomic E-state index is 0. The molecule has 0 aliphatic heterocycles. The van der Waals surface area contributed by atoms with E-state index in [0.29, 0.717) is 6.42 Å². The average molecular weight is 133 g/mol. The van der Waals surface area contributed by atoms with Crippen LogP contribution in [-0.2, 0) is 9.53 Å². The number of methoxy groups -OCH3 is 1. The lowest BCUT2D eigenvalue weighted by atomic mass is 10.2. The Kier molecular flexibility index (Phi) is 4.05. The van der Waals surface area contributed by atoms with Gasteiger partial charge < -0.3 is 10.5 Å². The molecule has 0 unspecified atom stereocenters. The van der Waals surface area contributed by atoms with Crippen molar-refractivity contribution in [1.29, 1.82) is 0 Å². The maximum Gasteiger partial charge on any atom is 0.246 e. The molecule has 0 heterocycles. The van der Waals surface area contributed by atoms with Crippen molar-refractivity contribution < 1.29 is 11.0 Å². The zero-order valence-corrected chi connectivity index (χ0v) is 5.89. The highest BCUT2D eigenvalue weighted by atomic mass is 16.5. The largest absolute Gasteiger partial charge is 0.372 e. The van der Waals surface area contributed by atoms with Crippen LogP contribution in [0, 0.1) is 0 Å². The number of rotatable bonds is 4. The highest BCUT2D eigenvalue weighted by Gasteiger charge is 2.10. The van der Waals surface area contributed by atoms with E-state index in [4.69, 9.17) is 10.5 Å². The smallest absolute Gasteiger partial charge is 0.246 e. The molecule has 0 aromatic heterocycles. The lowest BCUT2D eigenvalue weighted by Crippen LogP contribution is -2.29. The van der Waals surface area contributed by atoms with Crippen molar-refractivity contribution in [3.63, 3.8) is 0 Å². The molecule has 0 spiro atoms. The van der Waals surface area contributed by atoms with E-state index >= 15 is 0 Å². The molecule has 0 rings (SSSR count). The molecule has 0 fully saturated rings. The Hall–Kier alpha value is -0.570. The third-order valence-corrected chi connectivity index (χ3v) is 1.15. The monoisotopic (exact) mass is 133 g/mol. The summed E-state index contributed by atoms with van der Waals surface area (Å²) in [7, 11) is 1.49. The molecule has 0 radical (unpaired) electrons. The Labute approximate surface area is 56.7 Å². The van der Waals surface area contributed by atoms with Crippen LogP contribution in [0.5, 0.6) is 0 Å². The molecule has 2 N–H and O–H groups in total. The van der Waals surface area contributed by atoms with Gasteiger partial charge in [0.1, 0.15) is 6.10 Å². The van der Waals surface area contributed by atoms with Gasteiger partial charge in [0, 0.05) is 8.54 Å². The first-order chi connectivity index (χ1) is 4.22. The Morgan fingerprint density at radius 3 is 2.56 bits per heavy atom. The SMILES string of the molecule is CCC[C@@H](OC)C(N)=O.[HH]. The van der Waals surface area contributed by atoms with Crippen LogP contribution in [0.4, 0.5) is 0 Å². The van der Waals surface area contributed by atoms with E-state index < -0.39 is 6.10 Å². The van der Waals surface area contributed by atoms with Crippen LogP contribution in [0.3, 0.4) is 0 Å². The number of nitrogens with two attached hydrogens (primary N) is 1. The number of ether oxygens (including phenoxy) is 1. The van der Waals surface area contributed by atoms with E-state index in [1.165, 1.54) is 7.11 Å². The Morgan fingerprint density at radius 2 is 2.44 bits per heavy atom. The van der Waals surface area contributed by atoms with Gasteiger partial charge in [-0.15, -0.1) is 0 Å². The molecule has 0 bridgehead atoms. The van der Waals surface area contributed by atoms with E-state index in [2.05, 4.69) is 0 Å². The van der Waals surface area contributed by atoms with E-state index in [-0.39, 0.29) is 7.33 Å². The van der Waals surface area contributed by atoms with Gasteiger partial charge in [-0.05, 0) is 6.42 Å². The summed E-state index contributed by atoms with van der Waals surface area (Å²) in [5.41, 5.74) is 4.97. The van der Waals surface area contributed by atoms with Crippen LogP contribution in [0.25, 0.3) is 0 Å². The summed E-state index contributed by atoms with van der Waals surface area (Å²) in [6.07, 6.45) is 1.24. The lowest BCUT2D eigenvalue weighted by Gasteiger charge is -2.07. The van der Waals surface area contributed by atoms with Gasteiger partial charge >= 0.3 is 0 Å². The van der Waals surface area contributed by atoms with Gasteiger partial charge in [0.25, 0.3) is 0 Å². The second-order valence-corrected chi connectivity index (χ2v) is 1.92. The lowest BCUT2D eigenvalue weighted by molar-refractivity contribution is -0.128. The zero-order valence-electron chi connectivity index (χ0n) is 5.89. The Morgan fingerprint density at radius 1 is 1.89 bits per heavy atom. The first-order valence-electron chi connectivity index (χ1n) is 3.04. The van der Waals surface area contributed by atoms with Gasteiger partial charge in [-0.25, -0.2) is 0 Å². The van der Waals surface area contributed by atoms with E-state index in [0.717, 1.165) is 6.42 Å². The first-order valence-corrected chi connectivity index (χ1v) is 3.04. The molecular weight excluding hydrogens is 118 g/mol. The fraction of sp³-hybridized carbons (Fsp3) is 0.833. The fourth-order valence-electron chi connectivity index (χ4n) is 0.638. The second kappa shape index (κ2) is 4.32. The quantitative estimate of drug-likeness (QED) is 0.608. The van der Waals surface area contributed by atoms with Crippen molar-refractivity contribution in [2.75, 3.05) is 7.11 Å². The summed E-state index contributed by atoms with van der Waals surface area (Å²) in [6.45, 7) is 1.98. The minimum Gasteiger partial charge on any atom is -0.372 e. The highest BCUT2D eigenvalue weighted by molar-refractivity contribution is 5.78.